The first-order valence-corrected chi connectivity index (χ1v) is 5.39. The van der Waals surface area contributed by atoms with Crippen LogP contribution in [0.1, 0.15) is 20.8 Å². The highest BCUT2D eigenvalue weighted by Gasteiger charge is 2.35. The number of allylic oxidation sites excluding steroid dienone is 1. The minimum absolute atomic E-state index is 0.325. The maximum Gasteiger partial charge on any atom is 0.225 e. The fraction of sp³-hybridized carbons (Fsp3) is 0.714. The van der Waals surface area contributed by atoms with E-state index in [0.717, 1.165) is 5.31 Å². The predicted molar refractivity (Wildman–Crippen MR) is 42.5 cm³/mol. The minimum Gasteiger partial charge on any atom is -0.315 e. The molecule has 0 N–H and O–H groups in total. The molecule has 58 valence electrons. The molecular formula is C7H13O2P. The Morgan fingerprint density at radius 1 is 1.60 bits per heavy atom. The zero-order valence-corrected chi connectivity index (χ0v) is 7.74. The molecule has 1 aliphatic heterocycles. The summed E-state index contributed by atoms with van der Waals surface area (Å²) >= 11 is 0. The van der Waals surface area contributed by atoms with Crippen molar-refractivity contribution in [2.24, 2.45) is 0 Å². The third-order valence-electron chi connectivity index (χ3n) is 1.61. The molecule has 1 aliphatic rings. The van der Waals surface area contributed by atoms with Crippen molar-refractivity contribution in [2.75, 3.05) is 6.66 Å². The van der Waals surface area contributed by atoms with Crippen LogP contribution >= 0.6 is 7.37 Å². The van der Waals surface area contributed by atoms with Gasteiger partial charge in [-0.25, -0.2) is 0 Å². The number of hydrogen-bond donors (Lipinski definition) is 0. The summed E-state index contributed by atoms with van der Waals surface area (Å²) in [6.45, 7) is 7.35. The Bertz CT molecular complexity index is 228. The van der Waals surface area contributed by atoms with Crippen LogP contribution in [-0.2, 0) is 9.09 Å². The van der Waals surface area contributed by atoms with Gasteiger partial charge in [-0.2, -0.15) is 0 Å². The first-order chi connectivity index (χ1) is 4.33. The summed E-state index contributed by atoms with van der Waals surface area (Å²) < 4.78 is 16.8. The van der Waals surface area contributed by atoms with Crippen LogP contribution in [0.25, 0.3) is 0 Å². The Kier molecular flexibility index (Phi) is 1.57. The molecule has 0 aromatic carbocycles. The van der Waals surface area contributed by atoms with Crippen molar-refractivity contribution in [2.45, 2.75) is 26.4 Å². The predicted octanol–water partition coefficient (Wildman–Crippen LogP) is 2.61. The van der Waals surface area contributed by atoms with Crippen LogP contribution in [0.4, 0.5) is 0 Å². The molecule has 1 rings (SSSR count). The summed E-state index contributed by atoms with van der Waals surface area (Å²) in [6, 6.07) is 0. The monoisotopic (exact) mass is 160 g/mol. The second kappa shape index (κ2) is 1.96. The fourth-order valence-electron chi connectivity index (χ4n) is 1.17. The Labute approximate surface area is 61.7 Å². The summed E-state index contributed by atoms with van der Waals surface area (Å²) in [6.07, 6.45) is 1.92. The van der Waals surface area contributed by atoms with Crippen molar-refractivity contribution >= 4 is 7.37 Å². The smallest absolute Gasteiger partial charge is 0.225 e. The first-order valence-electron chi connectivity index (χ1n) is 3.32. The molecule has 1 heterocycles. The van der Waals surface area contributed by atoms with Crippen molar-refractivity contribution in [3.8, 4) is 0 Å². The van der Waals surface area contributed by atoms with Crippen LogP contribution in [0.5, 0.6) is 0 Å². The summed E-state index contributed by atoms with van der Waals surface area (Å²) in [5, 5.41) is 0.887. The topological polar surface area (TPSA) is 26.3 Å². The molecule has 0 aliphatic carbocycles. The molecule has 0 aromatic heterocycles. The molecule has 1 unspecified atom stereocenters. The zero-order chi connectivity index (χ0) is 7.99. The average Bonchev–Trinajstić information content (AvgIpc) is 1.73. The van der Waals surface area contributed by atoms with Gasteiger partial charge in [-0.3, -0.25) is 4.57 Å². The van der Waals surface area contributed by atoms with Crippen LogP contribution in [0.2, 0.25) is 0 Å². The molecule has 0 amide bonds. The Hall–Kier alpha value is -0.0700. The second-order valence-corrected chi connectivity index (χ2v) is 5.91. The van der Waals surface area contributed by atoms with Gasteiger partial charge in [0.25, 0.3) is 0 Å². The van der Waals surface area contributed by atoms with Gasteiger partial charge in [0.15, 0.2) is 0 Å². The molecular weight excluding hydrogens is 147 g/mol. The van der Waals surface area contributed by atoms with Crippen LogP contribution in [-0.4, -0.2) is 12.3 Å². The van der Waals surface area contributed by atoms with E-state index in [9.17, 15) is 4.57 Å². The molecule has 10 heavy (non-hydrogen) atoms. The van der Waals surface area contributed by atoms with Crippen molar-refractivity contribution in [1.29, 1.82) is 0 Å². The van der Waals surface area contributed by atoms with Crippen LogP contribution in [0, 0.1) is 0 Å². The average molecular weight is 160 g/mol. The van der Waals surface area contributed by atoms with E-state index >= 15 is 0 Å². The normalized spacial score (nSPS) is 37.8. The van der Waals surface area contributed by atoms with E-state index in [1.165, 1.54) is 0 Å². The van der Waals surface area contributed by atoms with Gasteiger partial charge in [-0.05, 0) is 26.8 Å². The molecule has 3 heteroatoms. The van der Waals surface area contributed by atoms with Crippen LogP contribution < -0.4 is 0 Å². The molecule has 0 bridgehead atoms. The van der Waals surface area contributed by atoms with E-state index < -0.39 is 7.37 Å². The third kappa shape index (κ3) is 1.33. The zero-order valence-electron chi connectivity index (χ0n) is 6.84. The Balaban J connectivity index is 3.00. The van der Waals surface area contributed by atoms with Gasteiger partial charge in [-0.1, -0.05) is 0 Å². The molecule has 2 nitrogen and oxygen atoms in total. The minimum atomic E-state index is -2.39. The van der Waals surface area contributed by atoms with Gasteiger partial charge in [0.2, 0.25) is 7.37 Å². The quantitative estimate of drug-likeness (QED) is 0.509. The SMILES string of the molecule is CC1=CC(C)(C)OP1(C)=O. The Morgan fingerprint density at radius 2 is 2.10 bits per heavy atom. The summed E-state index contributed by atoms with van der Waals surface area (Å²) in [5.41, 5.74) is -0.325. The number of rotatable bonds is 0. The second-order valence-electron chi connectivity index (χ2n) is 3.33. The van der Waals surface area contributed by atoms with Crippen LogP contribution in [0.3, 0.4) is 0 Å². The molecule has 0 saturated carbocycles. The largest absolute Gasteiger partial charge is 0.315 e. The number of hydrogen-bond acceptors (Lipinski definition) is 2. The van der Waals surface area contributed by atoms with Crippen molar-refractivity contribution < 1.29 is 9.09 Å². The lowest BCUT2D eigenvalue weighted by Gasteiger charge is -2.16. The van der Waals surface area contributed by atoms with E-state index in [2.05, 4.69) is 0 Å². The Morgan fingerprint density at radius 3 is 2.20 bits per heavy atom. The van der Waals surface area contributed by atoms with Crippen molar-refractivity contribution in [1.82, 2.24) is 0 Å². The summed E-state index contributed by atoms with van der Waals surface area (Å²) in [5.74, 6) is 0. The molecule has 0 aromatic rings. The van der Waals surface area contributed by atoms with Gasteiger partial charge in [0, 0.05) is 12.0 Å². The third-order valence-corrected chi connectivity index (χ3v) is 3.84. The lowest BCUT2D eigenvalue weighted by Crippen LogP contribution is -2.14. The van der Waals surface area contributed by atoms with Gasteiger partial charge >= 0.3 is 0 Å². The van der Waals surface area contributed by atoms with Gasteiger partial charge in [0.1, 0.15) is 0 Å². The van der Waals surface area contributed by atoms with E-state index in [1.54, 1.807) is 6.66 Å². The van der Waals surface area contributed by atoms with Crippen LogP contribution in [0.15, 0.2) is 11.4 Å². The molecule has 0 radical (unpaired) electrons. The fourth-order valence-corrected chi connectivity index (χ4v) is 2.81. The maximum atomic E-state index is 11.5. The van der Waals surface area contributed by atoms with Gasteiger partial charge in [-0.15, -0.1) is 0 Å². The molecule has 0 spiro atoms. The van der Waals surface area contributed by atoms with Gasteiger partial charge in [0.05, 0.1) is 5.60 Å². The first kappa shape index (κ1) is 8.03. The van der Waals surface area contributed by atoms with Crippen molar-refractivity contribution in [3.63, 3.8) is 0 Å². The summed E-state index contributed by atoms with van der Waals surface area (Å²) in [4.78, 5) is 0. The molecule has 1 atom stereocenters. The lowest BCUT2D eigenvalue weighted by atomic mass is 10.1. The van der Waals surface area contributed by atoms with E-state index in [0.29, 0.717) is 0 Å². The highest BCUT2D eigenvalue weighted by atomic mass is 31.2. The van der Waals surface area contributed by atoms with E-state index in [-0.39, 0.29) is 5.60 Å². The standard InChI is InChI=1S/C7H13O2P/c1-6-5-7(2,3)9-10(6,4)8/h5H,1-4H3. The maximum absolute atomic E-state index is 11.5. The van der Waals surface area contributed by atoms with E-state index in [4.69, 9.17) is 4.52 Å². The van der Waals surface area contributed by atoms with E-state index in [1.807, 2.05) is 26.8 Å². The highest BCUT2D eigenvalue weighted by molar-refractivity contribution is 7.62. The van der Waals surface area contributed by atoms with Crippen molar-refractivity contribution in [3.05, 3.63) is 11.4 Å². The highest BCUT2D eigenvalue weighted by Crippen LogP contribution is 2.59. The summed E-state index contributed by atoms with van der Waals surface area (Å²) in [7, 11) is -2.39. The molecule has 0 saturated heterocycles. The van der Waals surface area contributed by atoms with Gasteiger partial charge < -0.3 is 4.52 Å². The molecule has 0 fully saturated rings. The lowest BCUT2D eigenvalue weighted by molar-refractivity contribution is 0.181.